The van der Waals surface area contributed by atoms with Gasteiger partial charge in [-0.2, -0.15) is 8.78 Å². The molecule has 12 heavy (non-hydrogen) atoms. The predicted octanol–water partition coefficient (Wildman–Crippen LogP) is 1.02. The minimum absolute atomic E-state index is 0.809. The van der Waals surface area contributed by atoms with E-state index in [0.717, 1.165) is 7.11 Å². The van der Waals surface area contributed by atoms with Crippen molar-refractivity contribution in [2.24, 2.45) is 5.92 Å². The Kier molecular flexibility index (Phi) is 3.30. The van der Waals surface area contributed by atoms with Crippen molar-refractivity contribution in [1.82, 2.24) is 0 Å². The average Bonchev–Trinajstić information content (AvgIpc) is 2.01. The number of carbonyl (C=O) groups is 2. The SMILES string of the molecule is COC(=O)C(F)(F)C(=O)C(C)C. The molecule has 0 unspecified atom stereocenters. The van der Waals surface area contributed by atoms with Gasteiger partial charge in [-0.1, -0.05) is 13.8 Å². The number of rotatable bonds is 3. The number of hydrogen-bond donors (Lipinski definition) is 0. The molecular formula is C7H10F2O3. The van der Waals surface area contributed by atoms with Crippen molar-refractivity contribution >= 4 is 11.8 Å². The fraction of sp³-hybridized carbons (Fsp3) is 0.714. The largest absolute Gasteiger partial charge is 0.464 e. The Morgan fingerprint density at radius 3 is 2.00 bits per heavy atom. The van der Waals surface area contributed by atoms with E-state index in [-0.39, 0.29) is 0 Å². The number of ether oxygens (including phenoxy) is 1. The van der Waals surface area contributed by atoms with Crippen LogP contribution in [0.1, 0.15) is 13.8 Å². The average molecular weight is 180 g/mol. The van der Waals surface area contributed by atoms with E-state index in [2.05, 4.69) is 4.74 Å². The maximum Gasteiger partial charge on any atom is 0.400 e. The summed E-state index contributed by atoms with van der Waals surface area (Å²) in [5.41, 5.74) is 0. The van der Waals surface area contributed by atoms with Crippen LogP contribution in [0.2, 0.25) is 0 Å². The molecule has 0 fully saturated rings. The summed E-state index contributed by atoms with van der Waals surface area (Å²) >= 11 is 0. The number of carbonyl (C=O) groups excluding carboxylic acids is 2. The molecule has 70 valence electrons. The van der Waals surface area contributed by atoms with E-state index in [1.165, 1.54) is 13.8 Å². The van der Waals surface area contributed by atoms with Crippen molar-refractivity contribution in [3.05, 3.63) is 0 Å². The molecule has 0 spiro atoms. The van der Waals surface area contributed by atoms with Gasteiger partial charge >= 0.3 is 11.9 Å². The number of ketones is 1. The molecule has 0 rings (SSSR count). The highest BCUT2D eigenvalue weighted by molar-refractivity contribution is 6.05. The standard InChI is InChI=1S/C7H10F2O3/c1-4(2)5(10)7(8,9)6(11)12-3/h4H,1-3H3. The van der Waals surface area contributed by atoms with E-state index in [4.69, 9.17) is 0 Å². The van der Waals surface area contributed by atoms with E-state index in [1.807, 2.05) is 0 Å². The lowest BCUT2D eigenvalue weighted by Gasteiger charge is -2.13. The third-order valence-electron chi connectivity index (χ3n) is 1.28. The molecule has 0 radical (unpaired) electrons. The van der Waals surface area contributed by atoms with Crippen LogP contribution in [0.5, 0.6) is 0 Å². The lowest BCUT2D eigenvalue weighted by Crippen LogP contribution is -2.41. The molecule has 0 aromatic heterocycles. The fourth-order valence-electron chi connectivity index (χ4n) is 0.591. The van der Waals surface area contributed by atoms with Crippen LogP contribution in [0.25, 0.3) is 0 Å². The second-order valence-corrected chi connectivity index (χ2v) is 2.58. The summed E-state index contributed by atoms with van der Waals surface area (Å²) in [6, 6.07) is 0. The maximum absolute atomic E-state index is 12.6. The third-order valence-corrected chi connectivity index (χ3v) is 1.28. The molecule has 0 saturated heterocycles. The van der Waals surface area contributed by atoms with Crippen LogP contribution in [0.15, 0.2) is 0 Å². The first-order valence-corrected chi connectivity index (χ1v) is 3.34. The molecule has 0 N–H and O–H groups in total. The van der Waals surface area contributed by atoms with Crippen LogP contribution in [0.4, 0.5) is 8.78 Å². The van der Waals surface area contributed by atoms with E-state index >= 15 is 0 Å². The lowest BCUT2D eigenvalue weighted by molar-refractivity contribution is -0.175. The summed E-state index contributed by atoms with van der Waals surface area (Å²) in [4.78, 5) is 21.1. The number of halogens is 2. The van der Waals surface area contributed by atoms with Crippen LogP contribution in [-0.4, -0.2) is 24.8 Å². The number of Topliss-reactive ketones (excluding diaryl/α,β-unsaturated/α-hetero) is 1. The number of methoxy groups -OCH3 is 1. The Hall–Kier alpha value is -1.00. The first-order chi connectivity index (χ1) is 5.34. The molecule has 0 aromatic carbocycles. The molecule has 0 aliphatic heterocycles. The highest BCUT2D eigenvalue weighted by Crippen LogP contribution is 2.20. The van der Waals surface area contributed by atoms with E-state index in [0.29, 0.717) is 0 Å². The fourth-order valence-corrected chi connectivity index (χ4v) is 0.591. The van der Waals surface area contributed by atoms with Gasteiger partial charge in [-0.25, -0.2) is 4.79 Å². The maximum atomic E-state index is 12.6. The van der Waals surface area contributed by atoms with Crippen LogP contribution in [0, 0.1) is 5.92 Å². The zero-order valence-electron chi connectivity index (χ0n) is 7.06. The van der Waals surface area contributed by atoms with Crippen LogP contribution >= 0.6 is 0 Å². The first kappa shape index (κ1) is 11.0. The number of esters is 1. The molecule has 3 nitrogen and oxygen atoms in total. The van der Waals surface area contributed by atoms with Gasteiger partial charge in [0.25, 0.3) is 0 Å². The monoisotopic (exact) mass is 180 g/mol. The molecular weight excluding hydrogens is 170 g/mol. The summed E-state index contributed by atoms with van der Waals surface area (Å²) in [6.07, 6.45) is 0. The highest BCUT2D eigenvalue weighted by atomic mass is 19.3. The first-order valence-electron chi connectivity index (χ1n) is 3.34. The molecule has 0 aliphatic carbocycles. The Morgan fingerprint density at radius 1 is 1.33 bits per heavy atom. The van der Waals surface area contributed by atoms with Crippen LogP contribution in [0.3, 0.4) is 0 Å². The predicted molar refractivity (Wildman–Crippen MR) is 36.8 cm³/mol. The zero-order valence-corrected chi connectivity index (χ0v) is 7.06. The molecule has 5 heteroatoms. The molecule has 0 aliphatic rings. The second-order valence-electron chi connectivity index (χ2n) is 2.58. The van der Waals surface area contributed by atoms with Gasteiger partial charge in [-0.15, -0.1) is 0 Å². The van der Waals surface area contributed by atoms with Gasteiger partial charge in [0.2, 0.25) is 5.78 Å². The normalized spacial score (nSPS) is 11.5. The van der Waals surface area contributed by atoms with Crippen LogP contribution in [-0.2, 0) is 14.3 Å². The topological polar surface area (TPSA) is 43.4 Å². The zero-order chi connectivity index (χ0) is 9.94. The van der Waals surface area contributed by atoms with Crippen molar-refractivity contribution in [3.8, 4) is 0 Å². The minimum atomic E-state index is -4.01. The van der Waals surface area contributed by atoms with Gasteiger partial charge in [-0.05, 0) is 0 Å². The van der Waals surface area contributed by atoms with E-state index in [1.54, 1.807) is 0 Å². The molecule has 0 bridgehead atoms. The van der Waals surface area contributed by atoms with Gasteiger partial charge in [0.1, 0.15) is 0 Å². The highest BCUT2D eigenvalue weighted by Gasteiger charge is 2.49. The summed E-state index contributed by atoms with van der Waals surface area (Å²) in [7, 11) is 0.809. The van der Waals surface area contributed by atoms with Crippen molar-refractivity contribution in [2.75, 3.05) is 7.11 Å². The Balaban J connectivity index is 4.61. The van der Waals surface area contributed by atoms with Crippen molar-refractivity contribution in [3.63, 3.8) is 0 Å². The second kappa shape index (κ2) is 3.60. The van der Waals surface area contributed by atoms with Gasteiger partial charge < -0.3 is 4.74 Å². The van der Waals surface area contributed by atoms with Gasteiger partial charge in [0.05, 0.1) is 7.11 Å². The van der Waals surface area contributed by atoms with Gasteiger partial charge in [0.15, 0.2) is 0 Å². The Morgan fingerprint density at radius 2 is 1.75 bits per heavy atom. The third kappa shape index (κ3) is 1.99. The van der Waals surface area contributed by atoms with Crippen LogP contribution < -0.4 is 0 Å². The Labute approximate surface area is 68.7 Å². The molecule has 0 aromatic rings. The summed E-state index contributed by atoms with van der Waals surface area (Å²) < 4.78 is 29.1. The van der Waals surface area contributed by atoms with Crippen molar-refractivity contribution < 1.29 is 23.1 Å². The minimum Gasteiger partial charge on any atom is -0.464 e. The molecule has 0 saturated carbocycles. The summed E-state index contributed by atoms with van der Waals surface area (Å²) in [5.74, 6) is -8.13. The van der Waals surface area contributed by atoms with Crippen molar-refractivity contribution in [2.45, 2.75) is 19.8 Å². The molecule has 0 atom stereocenters. The molecule has 0 heterocycles. The molecule has 0 amide bonds. The Bertz CT molecular complexity index is 199. The quantitative estimate of drug-likeness (QED) is 0.481. The van der Waals surface area contributed by atoms with Crippen molar-refractivity contribution in [1.29, 1.82) is 0 Å². The smallest absolute Gasteiger partial charge is 0.400 e. The van der Waals surface area contributed by atoms with E-state index in [9.17, 15) is 18.4 Å². The summed E-state index contributed by atoms with van der Waals surface area (Å²) in [6.45, 7) is 2.58. The lowest BCUT2D eigenvalue weighted by atomic mass is 10.0. The summed E-state index contributed by atoms with van der Waals surface area (Å²) in [5, 5.41) is 0. The number of alkyl halides is 2. The van der Waals surface area contributed by atoms with Gasteiger partial charge in [0, 0.05) is 5.92 Å². The van der Waals surface area contributed by atoms with E-state index < -0.39 is 23.6 Å². The van der Waals surface area contributed by atoms with Gasteiger partial charge in [-0.3, -0.25) is 4.79 Å². The number of hydrogen-bond acceptors (Lipinski definition) is 3.